The van der Waals surface area contributed by atoms with E-state index < -0.39 is 209 Å². The fourth-order valence-corrected chi connectivity index (χ4v) is 9.64. The molecule has 3 aromatic heterocycles. The van der Waals surface area contributed by atoms with Crippen molar-refractivity contribution in [2.75, 3.05) is 9.80 Å². The molecule has 264 valence electrons. The number of benzene rings is 8. The highest BCUT2D eigenvalue weighted by molar-refractivity contribution is 7.26. The molecule has 3 aliphatic heterocycles. The monoisotopic (exact) mass is 770 g/mol. The molecule has 8 aromatic carbocycles. The van der Waals surface area contributed by atoms with Crippen LogP contribution in [-0.2, 0) is 0 Å². The highest BCUT2D eigenvalue weighted by Crippen LogP contribution is 2.54. The Hall–Kier alpha value is -7.02. The quantitative estimate of drug-likeness (QED) is 0.164. The van der Waals surface area contributed by atoms with E-state index in [2.05, 4.69) is 0 Å². The van der Waals surface area contributed by atoms with Crippen LogP contribution in [0.2, 0.25) is 0 Å². The van der Waals surface area contributed by atoms with Crippen LogP contribution in [0.5, 0.6) is 0 Å². The second kappa shape index (κ2) is 10.6. The maximum atomic E-state index is 10.2. The summed E-state index contributed by atoms with van der Waals surface area (Å²) >= 11 is 0.670. The van der Waals surface area contributed by atoms with Crippen molar-refractivity contribution in [3.63, 3.8) is 0 Å². The molecular weight excluding hydrogens is 713 g/mol. The largest absolute Gasteiger partial charge is 0.468 e. The zero-order valence-electron chi connectivity index (χ0n) is 55.7. The summed E-state index contributed by atoms with van der Waals surface area (Å²) in [5, 5.41) is -1.61. The summed E-state index contributed by atoms with van der Waals surface area (Å²) in [6.45, 7) is -0.438. The number of rotatable bonds is 2. The first-order chi connectivity index (χ1) is 39.5. The summed E-state index contributed by atoms with van der Waals surface area (Å²) in [6, 6.07) is -20.2. The van der Waals surface area contributed by atoms with Gasteiger partial charge in [0.1, 0.15) is 5.58 Å². The molecule has 0 amide bonds. The normalized spacial score (nSPS) is 20.2. The van der Waals surface area contributed by atoms with Gasteiger partial charge in [0.05, 0.1) is 86.8 Å². The van der Waals surface area contributed by atoms with E-state index in [-0.39, 0.29) is 86.9 Å². The Bertz CT molecular complexity index is 5140. The van der Waals surface area contributed by atoms with Crippen LogP contribution in [0, 0.1) is 6.92 Å². The van der Waals surface area contributed by atoms with Crippen molar-refractivity contribution in [1.29, 1.82) is 0 Å². The Morgan fingerprint density at radius 3 is 2.12 bits per heavy atom. The van der Waals surface area contributed by atoms with Crippen LogP contribution in [0.25, 0.3) is 69.8 Å². The molecule has 11 aromatic rings. The Labute approximate surface area is 370 Å². The number of nitrogens with zero attached hydrogens (tertiary/aromatic N) is 3. The summed E-state index contributed by atoms with van der Waals surface area (Å²) in [4.78, 5) is 2.36. The van der Waals surface area contributed by atoms with Gasteiger partial charge in [-0.3, -0.25) is 0 Å². The molecule has 0 saturated heterocycles. The molecule has 0 radical (unpaired) electrons. The molecule has 57 heavy (non-hydrogen) atoms. The molecule has 0 bridgehead atoms. The Balaban J connectivity index is 1.27. The zero-order chi connectivity index (χ0) is 60.6. The summed E-state index contributed by atoms with van der Waals surface area (Å²) in [6.07, 6.45) is 0. The predicted molar refractivity (Wildman–Crippen MR) is 241 cm³/mol. The molecule has 0 aliphatic carbocycles. The number of para-hydroxylation sites is 3. The van der Waals surface area contributed by atoms with Gasteiger partial charge in [0.15, 0.2) is 0 Å². The number of fused-ring (bicyclic) bond motifs is 14. The number of hydrogen-bond acceptors (Lipinski definition) is 4. The van der Waals surface area contributed by atoms with Crippen LogP contribution in [0.15, 0.2) is 168 Å². The van der Waals surface area contributed by atoms with E-state index in [9.17, 15) is 21.9 Å². The molecule has 0 spiro atoms. The highest BCUT2D eigenvalue weighted by atomic mass is 32.1. The van der Waals surface area contributed by atoms with Crippen LogP contribution >= 0.6 is 11.3 Å². The molecule has 0 unspecified atom stereocenters. The second-order valence-electron chi connectivity index (χ2n) is 13.6. The molecule has 0 saturated carbocycles. The van der Waals surface area contributed by atoms with Gasteiger partial charge in [-0.1, -0.05) is 109 Å². The Morgan fingerprint density at radius 2 is 1.25 bits per heavy atom. The van der Waals surface area contributed by atoms with E-state index in [1.807, 2.05) is 0 Å². The number of thiophene rings is 1. The van der Waals surface area contributed by atoms with Crippen molar-refractivity contribution >= 4 is 122 Å². The van der Waals surface area contributed by atoms with Crippen molar-refractivity contribution in [1.82, 2.24) is 4.57 Å². The fourth-order valence-electron chi connectivity index (χ4n) is 8.59. The summed E-state index contributed by atoms with van der Waals surface area (Å²) in [7, 11) is 0. The first kappa shape index (κ1) is 14.8. The third-order valence-corrected chi connectivity index (χ3v) is 11.8. The lowest BCUT2D eigenvalue weighted by Crippen LogP contribution is -2.61. The van der Waals surface area contributed by atoms with Crippen LogP contribution in [0.4, 0.5) is 34.1 Å². The average Bonchev–Trinajstić information content (AvgIpc) is 1.29. The van der Waals surface area contributed by atoms with Gasteiger partial charge in [-0.15, -0.1) is 11.3 Å². The average molecular weight is 771 g/mol. The standard InChI is InChI=1S/C51H30BN3OS/c1-29-26-42-46-43(27-29)55(41-22-10-17-35-33-15-6-8-23-45(33)57-50(35)41)48-36-28-31(30-12-3-2-4-13-30)24-25-44(36)56-51(48)52(46)37-18-11-21-40-49(37)54(42)39-20-9-16-34-32-14-5-7-19-38(32)53(40)47(34)39/h2-28H,1H3/i2D,3D,4D,5D,6D,7D,8D,9D,10D,11D,12D,13D,14D,15D,16D,17D,18D,19D,20D,21D,22D,23D,24D,25D,26D,27D,28D. The molecule has 0 N–H and O–H groups in total. The van der Waals surface area contributed by atoms with Gasteiger partial charge >= 0.3 is 0 Å². The molecule has 6 heterocycles. The summed E-state index contributed by atoms with van der Waals surface area (Å²) in [5.41, 5.74) is -6.40. The van der Waals surface area contributed by atoms with Crippen molar-refractivity contribution in [3.8, 4) is 16.8 Å². The van der Waals surface area contributed by atoms with Gasteiger partial charge in [0, 0.05) is 43.0 Å². The molecule has 14 rings (SSSR count). The molecule has 3 aliphatic rings. The van der Waals surface area contributed by atoms with E-state index in [1.54, 1.807) is 0 Å². The molecular formula is C51H30BN3OS. The lowest BCUT2D eigenvalue weighted by Gasteiger charge is -2.45. The first-order valence-corrected chi connectivity index (χ1v) is 18.3. The minimum absolute atomic E-state index is 0.137. The van der Waals surface area contributed by atoms with Gasteiger partial charge < -0.3 is 18.8 Å². The van der Waals surface area contributed by atoms with Crippen molar-refractivity contribution in [3.05, 3.63) is 169 Å². The minimum atomic E-state index is -1.79. The molecule has 4 nitrogen and oxygen atoms in total. The SMILES string of the molecule is [2H]c1c([2H])c([2H])c(-c2c([2H])c([2H])c3oc4c(c3c2[2H])N(c2c([2H])c([2H])c([2H])c3c2sc2c([2H])c([2H])c([2H])c([2H])c23)c2c([2H])c(C)c([2H])c3c2B4c2c([2H])c([2H])c([2H])c4c2N3c2c([2H])c([2H])c([2H])c3c5c([2H])c([2H])c([2H])c([2H])c5n-4c23)c([2H])c1[2H]. The van der Waals surface area contributed by atoms with Crippen LogP contribution in [0.3, 0.4) is 0 Å². The summed E-state index contributed by atoms with van der Waals surface area (Å²) < 4.78 is 259. The van der Waals surface area contributed by atoms with Gasteiger partial charge in [-0.25, -0.2) is 0 Å². The van der Waals surface area contributed by atoms with Crippen molar-refractivity contribution < 1.29 is 41.4 Å². The molecule has 0 fully saturated rings. The van der Waals surface area contributed by atoms with E-state index >= 15 is 0 Å². The topological polar surface area (TPSA) is 24.6 Å². The van der Waals surface area contributed by atoms with Gasteiger partial charge in [-0.2, -0.15) is 0 Å². The van der Waals surface area contributed by atoms with Gasteiger partial charge in [0.2, 0.25) is 0 Å². The van der Waals surface area contributed by atoms with E-state index in [0.717, 1.165) is 9.47 Å². The predicted octanol–water partition coefficient (Wildman–Crippen LogP) is 12.3. The number of hydrogen-bond donors (Lipinski definition) is 0. The number of anilines is 6. The Morgan fingerprint density at radius 1 is 0.544 bits per heavy atom. The van der Waals surface area contributed by atoms with E-state index in [0.29, 0.717) is 11.3 Å². The first-order valence-electron chi connectivity index (χ1n) is 30.9. The lowest BCUT2D eigenvalue weighted by atomic mass is 9.35. The maximum absolute atomic E-state index is 10.2. The van der Waals surface area contributed by atoms with Gasteiger partial charge in [-0.05, 0) is 88.9 Å². The lowest BCUT2D eigenvalue weighted by molar-refractivity contribution is 0.651. The molecule has 0 atom stereocenters. The van der Waals surface area contributed by atoms with E-state index in [4.69, 9.17) is 19.5 Å². The minimum Gasteiger partial charge on any atom is -0.468 e. The summed E-state index contributed by atoms with van der Waals surface area (Å²) in [5.74, 6) is 0. The van der Waals surface area contributed by atoms with Crippen molar-refractivity contribution in [2.45, 2.75) is 6.92 Å². The smallest absolute Gasteiger partial charge is 0.297 e. The third-order valence-electron chi connectivity index (χ3n) is 10.7. The third kappa shape index (κ3) is 3.74. The second-order valence-corrected chi connectivity index (χ2v) is 14.6. The number of furan rings is 1. The van der Waals surface area contributed by atoms with Crippen molar-refractivity contribution in [2.24, 2.45) is 0 Å². The van der Waals surface area contributed by atoms with Crippen LogP contribution < -0.4 is 26.4 Å². The Kier molecular flexibility index (Phi) is 2.76. The van der Waals surface area contributed by atoms with E-state index in [1.165, 1.54) is 11.8 Å². The van der Waals surface area contributed by atoms with Crippen LogP contribution in [0.1, 0.15) is 42.6 Å². The highest BCUT2D eigenvalue weighted by Gasteiger charge is 2.49. The molecule has 6 heteroatoms. The maximum Gasteiger partial charge on any atom is 0.297 e. The fraction of sp³-hybridized carbons (Fsp3) is 0.0196. The zero-order valence-corrected chi connectivity index (χ0v) is 29.6. The van der Waals surface area contributed by atoms with Crippen LogP contribution in [-0.4, -0.2) is 11.3 Å². The van der Waals surface area contributed by atoms with Gasteiger partial charge in [0.25, 0.3) is 6.71 Å². The number of aromatic nitrogens is 1.